The van der Waals surface area contributed by atoms with Crippen molar-refractivity contribution in [3.8, 4) is 0 Å². The summed E-state index contributed by atoms with van der Waals surface area (Å²) in [5.74, 6) is 7.65. The zero-order valence-corrected chi connectivity index (χ0v) is 12.3. The maximum Gasteiger partial charge on any atom is 0.323 e. The van der Waals surface area contributed by atoms with E-state index in [4.69, 9.17) is 23.2 Å². The van der Waals surface area contributed by atoms with Crippen molar-refractivity contribution in [1.29, 1.82) is 0 Å². The van der Waals surface area contributed by atoms with Crippen molar-refractivity contribution >= 4 is 34.4 Å². The fourth-order valence-corrected chi connectivity index (χ4v) is 1.02. The Morgan fingerprint density at radius 1 is 1.26 bits per heavy atom. The summed E-state index contributed by atoms with van der Waals surface area (Å²) < 4.78 is 4.53. The molecule has 0 amide bonds. The SMILES string of the molecule is CCOC(=O)C(C)Cl.NN.O=C(Cl)c1ccccc1. The maximum absolute atomic E-state index is 10.4. The lowest BCUT2D eigenvalue weighted by molar-refractivity contribution is -0.142. The number of nitrogens with two attached hydrogens (primary N) is 2. The van der Waals surface area contributed by atoms with E-state index in [0.717, 1.165) is 0 Å². The molecule has 0 spiro atoms. The lowest BCUT2D eigenvalue weighted by atomic mass is 10.2. The first kappa shape index (κ1) is 20.2. The fraction of sp³-hybridized carbons (Fsp3) is 0.333. The van der Waals surface area contributed by atoms with E-state index in [9.17, 15) is 9.59 Å². The van der Waals surface area contributed by atoms with Crippen LogP contribution in [0.5, 0.6) is 0 Å². The molecule has 7 heteroatoms. The van der Waals surface area contributed by atoms with Gasteiger partial charge in [0.05, 0.1) is 6.61 Å². The monoisotopic (exact) mass is 308 g/mol. The zero-order chi connectivity index (χ0) is 15.3. The van der Waals surface area contributed by atoms with Gasteiger partial charge in [0.1, 0.15) is 5.38 Å². The van der Waals surface area contributed by atoms with Crippen LogP contribution in [0.2, 0.25) is 0 Å². The Kier molecular flexibility index (Phi) is 14.1. The molecular formula is C12H18Cl2N2O3. The van der Waals surface area contributed by atoms with Crippen molar-refractivity contribution in [2.24, 2.45) is 11.7 Å². The van der Waals surface area contributed by atoms with Crippen LogP contribution in [0.15, 0.2) is 30.3 Å². The second-order valence-electron chi connectivity index (χ2n) is 3.01. The average molecular weight is 309 g/mol. The second kappa shape index (κ2) is 13.3. The van der Waals surface area contributed by atoms with Crippen LogP contribution >= 0.6 is 23.2 Å². The van der Waals surface area contributed by atoms with Crippen molar-refractivity contribution in [3.63, 3.8) is 0 Å². The molecule has 4 N–H and O–H groups in total. The number of halogens is 2. The predicted molar refractivity (Wildman–Crippen MR) is 76.9 cm³/mol. The topological polar surface area (TPSA) is 95.4 Å². The molecule has 0 fully saturated rings. The van der Waals surface area contributed by atoms with Gasteiger partial charge in [-0.2, -0.15) is 0 Å². The van der Waals surface area contributed by atoms with Gasteiger partial charge < -0.3 is 4.74 Å². The average Bonchev–Trinajstić information content (AvgIpc) is 2.43. The number of carbonyl (C=O) groups excluding carboxylic acids is 2. The second-order valence-corrected chi connectivity index (χ2v) is 4.01. The highest BCUT2D eigenvalue weighted by Gasteiger charge is 2.07. The Bertz CT molecular complexity index is 359. The molecule has 19 heavy (non-hydrogen) atoms. The molecule has 0 aromatic heterocycles. The summed E-state index contributed by atoms with van der Waals surface area (Å²) >= 11 is 10.5. The minimum absolute atomic E-state index is 0.353. The van der Waals surface area contributed by atoms with E-state index in [2.05, 4.69) is 16.4 Å². The molecule has 5 nitrogen and oxygen atoms in total. The number of hydrazine groups is 1. The molecule has 0 radical (unpaired) electrons. The molecule has 1 aromatic rings. The van der Waals surface area contributed by atoms with Crippen molar-refractivity contribution in [2.75, 3.05) is 6.61 Å². The van der Waals surface area contributed by atoms with Gasteiger partial charge in [-0.3, -0.25) is 21.3 Å². The highest BCUT2D eigenvalue weighted by Crippen LogP contribution is 2.01. The highest BCUT2D eigenvalue weighted by atomic mass is 35.5. The first-order valence-electron chi connectivity index (χ1n) is 5.38. The summed E-state index contributed by atoms with van der Waals surface area (Å²) in [7, 11) is 0. The van der Waals surface area contributed by atoms with Gasteiger partial charge in [0.25, 0.3) is 5.24 Å². The van der Waals surface area contributed by atoms with Crippen LogP contribution in [0.4, 0.5) is 0 Å². The third-order valence-corrected chi connectivity index (χ3v) is 2.01. The van der Waals surface area contributed by atoms with Crippen LogP contribution in [0.25, 0.3) is 0 Å². The van der Waals surface area contributed by atoms with E-state index in [1.165, 1.54) is 0 Å². The molecule has 0 aliphatic carbocycles. The number of carbonyl (C=O) groups is 2. The smallest absolute Gasteiger partial charge is 0.323 e. The molecule has 0 saturated heterocycles. The molecular weight excluding hydrogens is 291 g/mol. The Labute approximate surface area is 122 Å². The van der Waals surface area contributed by atoms with Crippen molar-refractivity contribution in [1.82, 2.24) is 0 Å². The number of esters is 1. The van der Waals surface area contributed by atoms with E-state index >= 15 is 0 Å². The number of benzene rings is 1. The molecule has 0 aliphatic heterocycles. The summed E-state index contributed by atoms with van der Waals surface area (Å²) in [5, 5.41) is -0.925. The first-order valence-corrected chi connectivity index (χ1v) is 6.19. The van der Waals surface area contributed by atoms with Crippen molar-refractivity contribution < 1.29 is 14.3 Å². The van der Waals surface area contributed by atoms with Crippen LogP contribution in [-0.4, -0.2) is 23.2 Å². The Morgan fingerprint density at radius 3 is 1.95 bits per heavy atom. The third kappa shape index (κ3) is 11.7. The Morgan fingerprint density at radius 2 is 1.74 bits per heavy atom. The minimum atomic E-state index is -0.519. The summed E-state index contributed by atoms with van der Waals surface area (Å²) in [6.07, 6.45) is 0. The lowest BCUT2D eigenvalue weighted by Crippen LogP contribution is -2.13. The lowest BCUT2D eigenvalue weighted by Gasteiger charge is -2.00. The summed E-state index contributed by atoms with van der Waals surface area (Å²) in [6.45, 7) is 3.73. The van der Waals surface area contributed by atoms with Gasteiger partial charge in [-0.05, 0) is 25.4 Å². The van der Waals surface area contributed by atoms with Gasteiger partial charge in [-0.1, -0.05) is 30.3 Å². The Hall–Kier alpha value is -1.14. The summed E-state index contributed by atoms with van der Waals surface area (Å²) in [6, 6.07) is 8.74. The summed E-state index contributed by atoms with van der Waals surface area (Å²) in [4.78, 5) is 20.8. The molecule has 0 bridgehead atoms. The van der Waals surface area contributed by atoms with E-state index in [1.54, 1.807) is 38.1 Å². The maximum atomic E-state index is 10.4. The molecule has 0 saturated carbocycles. The van der Waals surface area contributed by atoms with Gasteiger partial charge in [-0.15, -0.1) is 11.6 Å². The molecule has 1 atom stereocenters. The standard InChI is InChI=1S/C7H5ClO.C5H9ClO2.H4N2/c8-7(9)6-4-2-1-3-5-6;1-3-8-5(7)4(2)6;1-2/h1-5H;4H,3H2,1-2H3;1-2H2. The predicted octanol–water partition coefficient (Wildman–Crippen LogP) is 2.06. The third-order valence-electron chi connectivity index (χ3n) is 1.61. The van der Waals surface area contributed by atoms with Crippen molar-refractivity contribution in [3.05, 3.63) is 35.9 Å². The molecule has 108 valence electrons. The molecule has 1 unspecified atom stereocenters. The van der Waals surface area contributed by atoms with E-state index in [0.29, 0.717) is 12.2 Å². The van der Waals surface area contributed by atoms with Crippen LogP contribution in [0, 0.1) is 0 Å². The largest absolute Gasteiger partial charge is 0.465 e. The fourth-order valence-electron chi connectivity index (χ4n) is 0.826. The molecule has 0 heterocycles. The van der Waals surface area contributed by atoms with Gasteiger partial charge in [-0.25, -0.2) is 0 Å². The van der Waals surface area contributed by atoms with Crippen LogP contribution in [0.1, 0.15) is 24.2 Å². The van der Waals surface area contributed by atoms with E-state index < -0.39 is 10.6 Å². The number of ether oxygens (including phenoxy) is 1. The van der Waals surface area contributed by atoms with Gasteiger partial charge in [0, 0.05) is 5.56 Å². The van der Waals surface area contributed by atoms with Gasteiger partial charge >= 0.3 is 5.97 Å². The minimum Gasteiger partial charge on any atom is -0.465 e. The highest BCUT2D eigenvalue weighted by molar-refractivity contribution is 6.67. The molecule has 1 rings (SSSR count). The molecule has 0 aliphatic rings. The quantitative estimate of drug-likeness (QED) is 0.293. The first-order chi connectivity index (χ1) is 8.99. The normalized spacial score (nSPS) is 10.0. The number of alkyl halides is 1. The van der Waals surface area contributed by atoms with Crippen LogP contribution in [-0.2, 0) is 9.53 Å². The Balaban J connectivity index is 0. The van der Waals surface area contributed by atoms with Crippen LogP contribution < -0.4 is 11.7 Å². The summed E-state index contributed by atoms with van der Waals surface area (Å²) in [5.41, 5.74) is 0.541. The van der Waals surface area contributed by atoms with Gasteiger partial charge in [0.15, 0.2) is 0 Å². The zero-order valence-electron chi connectivity index (χ0n) is 10.8. The molecule has 1 aromatic carbocycles. The van der Waals surface area contributed by atoms with Crippen LogP contribution in [0.3, 0.4) is 0 Å². The van der Waals surface area contributed by atoms with Crippen molar-refractivity contribution in [2.45, 2.75) is 19.2 Å². The number of rotatable bonds is 3. The van der Waals surface area contributed by atoms with Gasteiger partial charge in [0.2, 0.25) is 0 Å². The number of hydrogen-bond acceptors (Lipinski definition) is 5. The van der Waals surface area contributed by atoms with E-state index in [-0.39, 0.29) is 5.97 Å². The number of hydrogen-bond donors (Lipinski definition) is 2. The van der Waals surface area contributed by atoms with E-state index in [1.807, 2.05) is 6.07 Å².